The number of thioether (sulfide) groups is 1. The van der Waals surface area contributed by atoms with Gasteiger partial charge in [0.05, 0.1) is 5.60 Å². The lowest BCUT2D eigenvalue weighted by molar-refractivity contribution is -0.131. The molecule has 0 bridgehead atoms. The van der Waals surface area contributed by atoms with Crippen molar-refractivity contribution in [2.24, 2.45) is 5.73 Å². The molecule has 2 atom stereocenters. The van der Waals surface area contributed by atoms with Crippen LogP contribution < -0.4 is 11.1 Å². The molecule has 2 unspecified atom stereocenters. The van der Waals surface area contributed by atoms with Gasteiger partial charge in [0.2, 0.25) is 0 Å². The third-order valence-corrected chi connectivity index (χ3v) is 2.80. The van der Waals surface area contributed by atoms with Crippen LogP contribution in [0.25, 0.3) is 0 Å². The Morgan fingerprint density at radius 1 is 1.73 bits per heavy atom. The predicted molar refractivity (Wildman–Crippen MR) is 61.9 cm³/mol. The van der Waals surface area contributed by atoms with Crippen molar-refractivity contribution in [1.82, 2.24) is 5.32 Å². The molecular weight excluding hydrogens is 216 g/mol. The minimum Gasteiger partial charge on any atom is -0.387 e. The molecule has 0 saturated heterocycles. The highest BCUT2D eigenvalue weighted by Gasteiger charge is 2.23. The van der Waals surface area contributed by atoms with Crippen molar-refractivity contribution in [3.63, 3.8) is 0 Å². The van der Waals surface area contributed by atoms with Gasteiger partial charge in [0.25, 0.3) is 5.91 Å². The second-order valence-electron chi connectivity index (χ2n) is 3.61. The van der Waals surface area contributed by atoms with Gasteiger partial charge in [-0.3, -0.25) is 4.79 Å². The van der Waals surface area contributed by atoms with Gasteiger partial charge in [0.1, 0.15) is 6.10 Å². The standard InChI is InChI=1S/C9H20N2O3S/c1-9(13,6-15-3)5-11-8(12)7(4-10)14-2/h7,13H,4-6,10H2,1-3H3,(H,11,12). The lowest BCUT2D eigenvalue weighted by Gasteiger charge is -2.23. The Morgan fingerprint density at radius 3 is 2.73 bits per heavy atom. The summed E-state index contributed by atoms with van der Waals surface area (Å²) in [7, 11) is 1.43. The van der Waals surface area contributed by atoms with E-state index >= 15 is 0 Å². The summed E-state index contributed by atoms with van der Waals surface area (Å²) in [6, 6.07) is 0. The molecule has 0 aromatic heterocycles. The van der Waals surface area contributed by atoms with Crippen molar-refractivity contribution in [3.05, 3.63) is 0 Å². The molecule has 0 aromatic rings. The van der Waals surface area contributed by atoms with Crippen LogP contribution in [-0.2, 0) is 9.53 Å². The molecule has 0 heterocycles. The summed E-state index contributed by atoms with van der Waals surface area (Å²) in [5.74, 6) is 0.273. The number of nitrogens with one attached hydrogen (secondary N) is 1. The first kappa shape index (κ1) is 14.7. The van der Waals surface area contributed by atoms with Crippen LogP contribution in [0.5, 0.6) is 0 Å². The quantitative estimate of drug-likeness (QED) is 0.538. The van der Waals surface area contributed by atoms with Crippen LogP contribution in [0.3, 0.4) is 0 Å². The van der Waals surface area contributed by atoms with Gasteiger partial charge in [-0.15, -0.1) is 0 Å². The van der Waals surface area contributed by atoms with Gasteiger partial charge in [0, 0.05) is 26.0 Å². The molecule has 15 heavy (non-hydrogen) atoms. The van der Waals surface area contributed by atoms with E-state index in [1.54, 1.807) is 6.92 Å². The fraction of sp³-hybridized carbons (Fsp3) is 0.889. The number of hydrogen-bond donors (Lipinski definition) is 3. The molecule has 0 aliphatic rings. The molecule has 0 aliphatic carbocycles. The first-order chi connectivity index (χ1) is 6.96. The number of ether oxygens (including phenoxy) is 1. The summed E-state index contributed by atoms with van der Waals surface area (Å²) in [6.07, 6.45) is 1.25. The molecule has 4 N–H and O–H groups in total. The zero-order valence-corrected chi connectivity index (χ0v) is 10.3. The summed E-state index contributed by atoms with van der Waals surface area (Å²) in [5.41, 5.74) is 4.43. The van der Waals surface area contributed by atoms with E-state index in [-0.39, 0.29) is 19.0 Å². The minimum atomic E-state index is -0.901. The van der Waals surface area contributed by atoms with Gasteiger partial charge < -0.3 is 20.9 Å². The van der Waals surface area contributed by atoms with E-state index in [0.717, 1.165) is 0 Å². The topological polar surface area (TPSA) is 84.6 Å². The summed E-state index contributed by atoms with van der Waals surface area (Å²) < 4.78 is 4.86. The predicted octanol–water partition coefficient (Wildman–Crippen LogP) is -0.810. The van der Waals surface area contributed by atoms with Gasteiger partial charge in [-0.1, -0.05) is 0 Å². The summed E-state index contributed by atoms with van der Waals surface area (Å²) in [4.78, 5) is 11.4. The van der Waals surface area contributed by atoms with Gasteiger partial charge in [0.15, 0.2) is 0 Å². The van der Waals surface area contributed by atoms with E-state index in [4.69, 9.17) is 10.5 Å². The lowest BCUT2D eigenvalue weighted by Crippen LogP contribution is -2.47. The fourth-order valence-electron chi connectivity index (χ4n) is 1.06. The maximum Gasteiger partial charge on any atom is 0.250 e. The summed E-state index contributed by atoms with van der Waals surface area (Å²) in [6.45, 7) is 2.01. The van der Waals surface area contributed by atoms with Crippen LogP contribution in [0.15, 0.2) is 0 Å². The molecule has 5 nitrogen and oxygen atoms in total. The third kappa shape index (κ3) is 5.99. The largest absolute Gasteiger partial charge is 0.387 e. The SMILES string of the molecule is COC(CN)C(=O)NCC(C)(O)CSC. The second kappa shape index (κ2) is 7.05. The van der Waals surface area contributed by atoms with E-state index in [2.05, 4.69) is 5.32 Å². The van der Waals surface area contributed by atoms with Gasteiger partial charge >= 0.3 is 0 Å². The average Bonchev–Trinajstić information content (AvgIpc) is 2.17. The number of methoxy groups -OCH3 is 1. The molecule has 0 spiro atoms. The van der Waals surface area contributed by atoms with Crippen LogP contribution in [0.4, 0.5) is 0 Å². The second-order valence-corrected chi connectivity index (χ2v) is 4.47. The van der Waals surface area contributed by atoms with Gasteiger partial charge in [-0.2, -0.15) is 11.8 Å². The first-order valence-electron chi connectivity index (χ1n) is 4.68. The molecule has 0 fully saturated rings. The fourth-order valence-corrected chi connectivity index (χ4v) is 1.79. The Labute approximate surface area is 94.7 Å². The molecule has 90 valence electrons. The number of nitrogens with two attached hydrogens (primary N) is 1. The average molecular weight is 236 g/mol. The van der Waals surface area contributed by atoms with Gasteiger partial charge in [-0.25, -0.2) is 0 Å². The highest BCUT2D eigenvalue weighted by molar-refractivity contribution is 7.98. The number of hydrogen-bond acceptors (Lipinski definition) is 5. The number of carbonyl (C=O) groups is 1. The molecule has 0 aromatic carbocycles. The Bertz CT molecular complexity index is 196. The molecular formula is C9H20N2O3S. The van der Waals surface area contributed by atoms with Crippen LogP contribution in [0.1, 0.15) is 6.92 Å². The summed E-state index contributed by atoms with van der Waals surface area (Å²) >= 11 is 1.52. The zero-order valence-electron chi connectivity index (χ0n) is 9.45. The minimum absolute atomic E-state index is 0.132. The van der Waals surface area contributed by atoms with E-state index in [9.17, 15) is 9.90 Å². The van der Waals surface area contributed by atoms with Crippen molar-refractivity contribution >= 4 is 17.7 Å². The molecule has 6 heteroatoms. The number of aliphatic hydroxyl groups is 1. The van der Waals surface area contributed by atoms with Crippen LogP contribution in [-0.4, -0.2) is 54.9 Å². The van der Waals surface area contributed by atoms with E-state index in [0.29, 0.717) is 5.75 Å². The third-order valence-electron chi connectivity index (χ3n) is 1.89. The summed E-state index contributed by atoms with van der Waals surface area (Å²) in [5, 5.41) is 12.4. The van der Waals surface area contributed by atoms with Crippen molar-refractivity contribution in [1.29, 1.82) is 0 Å². The maximum atomic E-state index is 11.4. The Morgan fingerprint density at radius 2 is 2.33 bits per heavy atom. The van der Waals surface area contributed by atoms with Crippen molar-refractivity contribution in [2.75, 3.05) is 32.2 Å². The normalized spacial score (nSPS) is 16.9. The van der Waals surface area contributed by atoms with E-state index in [1.807, 2.05) is 6.26 Å². The molecule has 1 amide bonds. The van der Waals surface area contributed by atoms with Crippen LogP contribution in [0, 0.1) is 0 Å². The van der Waals surface area contributed by atoms with Crippen molar-refractivity contribution in [3.8, 4) is 0 Å². The first-order valence-corrected chi connectivity index (χ1v) is 6.08. The Balaban J connectivity index is 3.98. The monoisotopic (exact) mass is 236 g/mol. The lowest BCUT2D eigenvalue weighted by atomic mass is 10.1. The van der Waals surface area contributed by atoms with Crippen molar-refractivity contribution in [2.45, 2.75) is 18.6 Å². The molecule has 0 aliphatic heterocycles. The van der Waals surface area contributed by atoms with E-state index in [1.165, 1.54) is 18.9 Å². The highest BCUT2D eigenvalue weighted by atomic mass is 32.2. The van der Waals surface area contributed by atoms with Crippen molar-refractivity contribution < 1.29 is 14.6 Å². The molecule has 0 rings (SSSR count). The zero-order chi connectivity index (χ0) is 11.9. The number of amides is 1. The number of rotatable bonds is 7. The van der Waals surface area contributed by atoms with Crippen LogP contribution >= 0.6 is 11.8 Å². The van der Waals surface area contributed by atoms with Gasteiger partial charge in [-0.05, 0) is 13.2 Å². The Kier molecular flexibility index (Phi) is 6.91. The smallest absolute Gasteiger partial charge is 0.250 e. The highest BCUT2D eigenvalue weighted by Crippen LogP contribution is 2.08. The van der Waals surface area contributed by atoms with E-state index < -0.39 is 11.7 Å². The maximum absolute atomic E-state index is 11.4. The van der Waals surface area contributed by atoms with Crippen LogP contribution in [0.2, 0.25) is 0 Å². The Hall–Kier alpha value is -0.300. The molecule has 0 saturated carbocycles. The molecule has 0 radical (unpaired) electrons. The number of carbonyl (C=O) groups excluding carboxylic acids is 1.